The van der Waals surface area contributed by atoms with Crippen molar-refractivity contribution in [1.82, 2.24) is 5.32 Å². The van der Waals surface area contributed by atoms with Gasteiger partial charge in [-0.05, 0) is 33.6 Å². The van der Waals surface area contributed by atoms with Gasteiger partial charge < -0.3 is 15.2 Å². The largest absolute Gasteiger partial charge is 0.481 e. The van der Waals surface area contributed by atoms with E-state index in [9.17, 15) is 9.59 Å². The first kappa shape index (κ1) is 11.8. The predicted octanol–water partition coefficient (Wildman–Crippen LogP) is 1.37. The lowest BCUT2D eigenvalue weighted by Gasteiger charge is -2.33. The molecule has 15 heavy (non-hydrogen) atoms. The van der Waals surface area contributed by atoms with Crippen molar-refractivity contribution in [2.24, 2.45) is 5.92 Å². The summed E-state index contributed by atoms with van der Waals surface area (Å²) in [6.45, 7) is 5.36. The normalized spacial score (nSPS) is 25.3. The molecule has 0 aromatic carbocycles. The lowest BCUT2D eigenvalue weighted by Crippen LogP contribution is -2.48. The molecule has 0 aliphatic heterocycles. The number of alkyl carbamates (subject to hydrolysis) is 1. The topological polar surface area (TPSA) is 75.6 Å². The van der Waals surface area contributed by atoms with Gasteiger partial charge in [0.1, 0.15) is 5.60 Å². The van der Waals surface area contributed by atoms with E-state index in [0.29, 0.717) is 12.8 Å². The Morgan fingerprint density at radius 3 is 2.27 bits per heavy atom. The van der Waals surface area contributed by atoms with Gasteiger partial charge in [-0.1, -0.05) is 0 Å². The highest BCUT2D eigenvalue weighted by atomic mass is 16.6. The third kappa shape index (κ3) is 3.77. The van der Waals surface area contributed by atoms with Crippen LogP contribution in [0.3, 0.4) is 0 Å². The van der Waals surface area contributed by atoms with Gasteiger partial charge in [0.15, 0.2) is 0 Å². The SMILES string of the molecule is CC(C)(C)OC(=O)N[C@H]1C[C@H](C(=O)O)C1. The Labute approximate surface area is 88.8 Å². The molecule has 0 aromatic rings. The van der Waals surface area contributed by atoms with Gasteiger partial charge in [0.2, 0.25) is 0 Å². The van der Waals surface area contributed by atoms with Crippen LogP contribution in [-0.4, -0.2) is 28.8 Å². The number of amides is 1. The molecule has 86 valence electrons. The fraction of sp³-hybridized carbons (Fsp3) is 0.800. The Morgan fingerprint density at radius 2 is 1.87 bits per heavy atom. The van der Waals surface area contributed by atoms with Crippen molar-refractivity contribution >= 4 is 12.1 Å². The summed E-state index contributed by atoms with van der Waals surface area (Å²) in [5.74, 6) is -1.11. The van der Waals surface area contributed by atoms with E-state index in [-0.39, 0.29) is 12.0 Å². The van der Waals surface area contributed by atoms with Crippen LogP contribution in [0.2, 0.25) is 0 Å². The van der Waals surface area contributed by atoms with E-state index in [1.165, 1.54) is 0 Å². The van der Waals surface area contributed by atoms with Crippen LogP contribution in [0.15, 0.2) is 0 Å². The molecule has 0 radical (unpaired) electrons. The summed E-state index contributed by atoms with van der Waals surface area (Å²) < 4.78 is 5.04. The van der Waals surface area contributed by atoms with Crippen LogP contribution in [0.5, 0.6) is 0 Å². The van der Waals surface area contributed by atoms with E-state index in [1.807, 2.05) is 0 Å². The molecular weight excluding hydrogens is 198 g/mol. The van der Waals surface area contributed by atoms with Crippen LogP contribution in [0, 0.1) is 5.92 Å². The average Bonchev–Trinajstić information content (AvgIpc) is 1.91. The van der Waals surface area contributed by atoms with Gasteiger partial charge in [0.25, 0.3) is 0 Å². The molecule has 5 heteroatoms. The highest BCUT2D eigenvalue weighted by molar-refractivity contribution is 5.73. The minimum absolute atomic E-state index is 0.0547. The first-order valence-corrected chi connectivity index (χ1v) is 5.00. The van der Waals surface area contributed by atoms with Crippen molar-refractivity contribution in [2.75, 3.05) is 0 Å². The van der Waals surface area contributed by atoms with Crippen LogP contribution in [0.1, 0.15) is 33.6 Å². The molecule has 0 bridgehead atoms. The maximum Gasteiger partial charge on any atom is 0.407 e. The summed E-state index contributed by atoms with van der Waals surface area (Å²) in [5.41, 5.74) is -0.514. The maximum atomic E-state index is 11.3. The van der Waals surface area contributed by atoms with E-state index >= 15 is 0 Å². The van der Waals surface area contributed by atoms with Crippen molar-refractivity contribution < 1.29 is 19.4 Å². The first-order chi connectivity index (χ1) is 6.78. The number of ether oxygens (including phenoxy) is 1. The summed E-state index contributed by atoms with van der Waals surface area (Å²) in [5, 5.41) is 11.3. The number of nitrogens with one attached hydrogen (secondary N) is 1. The van der Waals surface area contributed by atoms with Crippen LogP contribution >= 0.6 is 0 Å². The lowest BCUT2D eigenvalue weighted by molar-refractivity contribution is -0.145. The molecule has 5 nitrogen and oxygen atoms in total. The van der Waals surface area contributed by atoms with Gasteiger partial charge in [0.05, 0.1) is 5.92 Å². The molecule has 1 aliphatic rings. The quantitative estimate of drug-likeness (QED) is 0.729. The van der Waals surface area contributed by atoms with E-state index in [2.05, 4.69) is 5.32 Å². The Bertz CT molecular complexity index is 263. The van der Waals surface area contributed by atoms with Crippen molar-refractivity contribution in [3.63, 3.8) is 0 Å². The molecular formula is C10H17NO4. The number of carboxylic acid groups (broad SMARTS) is 1. The second-order valence-electron chi connectivity index (χ2n) is 4.85. The smallest absolute Gasteiger partial charge is 0.407 e. The molecule has 1 rings (SSSR count). The highest BCUT2D eigenvalue weighted by Gasteiger charge is 2.35. The second-order valence-corrected chi connectivity index (χ2v) is 4.85. The second kappa shape index (κ2) is 4.08. The number of carbonyl (C=O) groups is 2. The van der Waals surface area contributed by atoms with Crippen molar-refractivity contribution in [3.8, 4) is 0 Å². The van der Waals surface area contributed by atoms with Crippen molar-refractivity contribution in [2.45, 2.75) is 45.3 Å². The Balaban J connectivity index is 2.22. The molecule has 0 heterocycles. The standard InChI is InChI=1S/C10H17NO4/c1-10(2,3)15-9(14)11-7-4-6(5-7)8(12)13/h6-7H,4-5H2,1-3H3,(H,11,14)(H,12,13)/t6-,7-. The maximum absolute atomic E-state index is 11.3. The van der Waals surface area contributed by atoms with Crippen LogP contribution < -0.4 is 5.32 Å². The number of aliphatic carboxylic acids is 1. The molecule has 1 saturated carbocycles. The molecule has 0 spiro atoms. The third-order valence-electron chi connectivity index (χ3n) is 2.21. The van der Waals surface area contributed by atoms with E-state index in [4.69, 9.17) is 9.84 Å². The number of hydrogen-bond acceptors (Lipinski definition) is 3. The highest BCUT2D eigenvalue weighted by Crippen LogP contribution is 2.27. The first-order valence-electron chi connectivity index (χ1n) is 5.00. The monoisotopic (exact) mass is 215 g/mol. The minimum atomic E-state index is -0.794. The van der Waals surface area contributed by atoms with Crippen molar-refractivity contribution in [1.29, 1.82) is 0 Å². The minimum Gasteiger partial charge on any atom is -0.481 e. The van der Waals surface area contributed by atoms with Gasteiger partial charge in [-0.3, -0.25) is 4.79 Å². The Kier molecular flexibility index (Phi) is 3.21. The fourth-order valence-corrected chi connectivity index (χ4v) is 1.41. The van der Waals surface area contributed by atoms with Crippen molar-refractivity contribution in [3.05, 3.63) is 0 Å². The van der Waals surface area contributed by atoms with Gasteiger partial charge in [-0.2, -0.15) is 0 Å². The lowest BCUT2D eigenvalue weighted by atomic mass is 9.80. The Hall–Kier alpha value is -1.26. The number of hydrogen-bond donors (Lipinski definition) is 2. The van der Waals surface area contributed by atoms with E-state index in [0.717, 1.165) is 0 Å². The summed E-state index contributed by atoms with van der Waals surface area (Å²) in [6.07, 6.45) is 0.514. The predicted molar refractivity (Wildman–Crippen MR) is 53.5 cm³/mol. The molecule has 1 amide bonds. The van der Waals surface area contributed by atoms with Gasteiger partial charge in [-0.15, -0.1) is 0 Å². The molecule has 0 atom stereocenters. The number of carboxylic acids is 1. The molecule has 0 unspecified atom stereocenters. The number of carbonyl (C=O) groups excluding carboxylic acids is 1. The Morgan fingerprint density at radius 1 is 1.33 bits per heavy atom. The molecule has 0 saturated heterocycles. The van der Waals surface area contributed by atoms with Gasteiger partial charge >= 0.3 is 12.1 Å². The van der Waals surface area contributed by atoms with Gasteiger partial charge in [0, 0.05) is 6.04 Å². The summed E-state index contributed by atoms with van der Waals surface area (Å²) >= 11 is 0. The summed E-state index contributed by atoms with van der Waals surface area (Å²) in [6, 6.07) is -0.0547. The van der Waals surface area contributed by atoms with Crippen LogP contribution in [0.25, 0.3) is 0 Å². The summed E-state index contributed by atoms with van der Waals surface area (Å²) in [4.78, 5) is 21.8. The molecule has 1 aliphatic carbocycles. The molecule has 0 aromatic heterocycles. The number of rotatable bonds is 2. The average molecular weight is 215 g/mol. The summed E-state index contributed by atoms with van der Waals surface area (Å²) in [7, 11) is 0. The zero-order valence-corrected chi connectivity index (χ0v) is 9.24. The third-order valence-corrected chi connectivity index (χ3v) is 2.21. The van der Waals surface area contributed by atoms with E-state index < -0.39 is 17.7 Å². The van der Waals surface area contributed by atoms with E-state index in [1.54, 1.807) is 20.8 Å². The fourth-order valence-electron chi connectivity index (χ4n) is 1.41. The molecule has 1 fully saturated rings. The van der Waals surface area contributed by atoms with Gasteiger partial charge in [-0.25, -0.2) is 4.79 Å². The van der Waals surface area contributed by atoms with Crippen LogP contribution in [-0.2, 0) is 9.53 Å². The zero-order valence-electron chi connectivity index (χ0n) is 9.24. The van der Waals surface area contributed by atoms with Crippen LogP contribution in [0.4, 0.5) is 4.79 Å². The molecule has 2 N–H and O–H groups in total. The zero-order chi connectivity index (χ0) is 11.6.